The summed E-state index contributed by atoms with van der Waals surface area (Å²) >= 11 is 0. The maximum Gasteiger partial charge on any atom is 0.414 e. The maximum absolute atomic E-state index is 15.1. The predicted molar refractivity (Wildman–Crippen MR) is 134 cm³/mol. The maximum atomic E-state index is 15.1. The smallest absolute Gasteiger partial charge is 0.414 e. The van der Waals surface area contributed by atoms with Crippen LogP contribution in [0.4, 0.5) is 14.9 Å². The quantitative estimate of drug-likeness (QED) is 0.573. The Balaban J connectivity index is 1.38. The van der Waals surface area contributed by atoms with Crippen LogP contribution < -0.4 is 10.6 Å². The standard InChI is InChI=1S/C26H30FN5O5/c1-17(33)29(2)13-21-14-32(26(36)37-21)20-7-8-22(23(27)11-20)19-5-3-18(4-6-19)12-31-10-9-30(15-24(28)34)16-25(31)35/h3-8,11,21H,9-10,12-16H2,1-2H3,(H2,28,34)/t21-/m0/s1. The number of cyclic esters (lactones) is 1. The van der Waals surface area contributed by atoms with Crippen LogP contribution in [-0.4, -0.2) is 90.9 Å². The Hall–Kier alpha value is -3.99. The molecular weight excluding hydrogens is 481 g/mol. The van der Waals surface area contributed by atoms with E-state index in [1.54, 1.807) is 41.1 Å². The molecule has 196 valence electrons. The van der Waals surface area contributed by atoms with Gasteiger partial charge in [-0.1, -0.05) is 24.3 Å². The number of nitrogens with zero attached hydrogens (tertiary/aromatic N) is 4. The van der Waals surface area contributed by atoms with Crippen LogP contribution in [0.1, 0.15) is 12.5 Å². The van der Waals surface area contributed by atoms with Crippen LogP contribution in [-0.2, 0) is 25.7 Å². The summed E-state index contributed by atoms with van der Waals surface area (Å²) in [6.07, 6.45) is -1.07. The molecule has 0 radical (unpaired) electrons. The Kier molecular flexibility index (Phi) is 7.72. The van der Waals surface area contributed by atoms with Crippen LogP contribution >= 0.6 is 0 Å². The van der Waals surface area contributed by atoms with Gasteiger partial charge in [0.25, 0.3) is 0 Å². The van der Waals surface area contributed by atoms with Crippen LogP contribution in [0.15, 0.2) is 42.5 Å². The Labute approximate surface area is 214 Å². The van der Waals surface area contributed by atoms with Crippen LogP contribution in [0.2, 0.25) is 0 Å². The van der Waals surface area contributed by atoms with E-state index in [-0.39, 0.29) is 38.0 Å². The zero-order valence-electron chi connectivity index (χ0n) is 20.9. The van der Waals surface area contributed by atoms with Crippen molar-refractivity contribution in [3.05, 3.63) is 53.8 Å². The highest BCUT2D eigenvalue weighted by Crippen LogP contribution is 2.29. The summed E-state index contributed by atoms with van der Waals surface area (Å²) in [4.78, 5) is 53.5. The molecule has 2 aromatic rings. The molecule has 2 saturated heterocycles. The molecule has 2 fully saturated rings. The molecule has 0 unspecified atom stereocenters. The van der Waals surface area contributed by atoms with Crippen molar-refractivity contribution in [3.63, 3.8) is 0 Å². The average molecular weight is 512 g/mol. The highest BCUT2D eigenvalue weighted by molar-refractivity contribution is 5.90. The molecule has 0 aromatic heterocycles. The third-order valence-corrected chi connectivity index (χ3v) is 6.57. The second-order valence-corrected chi connectivity index (χ2v) is 9.37. The van der Waals surface area contributed by atoms with Gasteiger partial charge in [-0.05, 0) is 29.3 Å². The van der Waals surface area contributed by atoms with Crippen LogP contribution in [0.5, 0.6) is 0 Å². The SMILES string of the molecule is CC(=O)N(C)C[C@H]1CN(c2ccc(-c3ccc(CN4CCN(CC(N)=O)CC4=O)cc3)c(F)c2)C(=O)O1. The molecule has 2 N–H and O–H groups in total. The van der Waals surface area contributed by atoms with Crippen molar-refractivity contribution >= 4 is 29.5 Å². The average Bonchev–Trinajstić information content (AvgIpc) is 3.20. The van der Waals surface area contributed by atoms with E-state index in [4.69, 9.17) is 10.5 Å². The molecule has 10 nitrogen and oxygen atoms in total. The highest BCUT2D eigenvalue weighted by Gasteiger charge is 2.33. The fraction of sp³-hybridized carbons (Fsp3) is 0.385. The Morgan fingerprint density at radius 1 is 1.14 bits per heavy atom. The summed E-state index contributed by atoms with van der Waals surface area (Å²) in [6, 6.07) is 11.8. The fourth-order valence-electron chi connectivity index (χ4n) is 4.46. The number of hydrogen-bond donors (Lipinski definition) is 1. The Morgan fingerprint density at radius 2 is 1.86 bits per heavy atom. The summed E-state index contributed by atoms with van der Waals surface area (Å²) < 4.78 is 20.4. The molecule has 4 rings (SSSR count). The first-order chi connectivity index (χ1) is 17.6. The first kappa shape index (κ1) is 26.1. The van der Waals surface area contributed by atoms with Crippen molar-refractivity contribution in [1.29, 1.82) is 0 Å². The third kappa shape index (κ3) is 6.23. The monoisotopic (exact) mass is 511 g/mol. The predicted octanol–water partition coefficient (Wildman–Crippen LogP) is 1.43. The summed E-state index contributed by atoms with van der Waals surface area (Å²) in [7, 11) is 1.63. The van der Waals surface area contributed by atoms with E-state index in [0.29, 0.717) is 36.4 Å². The number of benzene rings is 2. The molecule has 0 bridgehead atoms. The van der Waals surface area contributed by atoms with Gasteiger partial charge >= 0.3 is 6.09 Å². The van der Waals surface area contributed by atoms with Gasteiger partial charge in [-0.15, -0.1) is 0 Å². The number of anilines is 1. The van der Waals surface area contributed by atoms with E-state index >= 15 is 4.39 Å². The zero-order chi connectivity index (χ0) is 26.7. The molecular formula is C26H30FN5O5. The first-order valence-corrected chi connectivity index (χ1v) is 12.0. The lowest BCUT2D eigenvalue weighted by atomic mass is 10.0. The van der Waals surface area contributed by atoms with Gasteiger partial charge in [0.1, 0.15) is 11.9 Å². The van der Waals surface area contributed by atoms with E-state index in [9.17, 15) is 19.2 Å². The van der Waals surface area contributed by atoms with E-state index in [1.807, 2.05) is 12.1 Å². The van der Waals surface area contributed by atoms with Crippen LogP contribution in [0, 0.1) is 5.82 Å². The second kappa shape index (κ2) is 11.0. The van der Waals surface area contributed by atoms with Gasteiger partial charge in [0, 0.05) is 39.2 Å². The number of carbonyl (C=O) groups excluding carboxylic acids is 4. The van der Waals surface area contributed by atoms with Gasteiger partial charge in [-0.2, -0.15) is 0 Å². The first-order valence-electron chi connectivity index (χ1n) is 12.0. The Bertz CT molecular complexity index is 1200. The van der Waals surface area contributed by atoms with Crippen LogP contribution in [0.25, 0.3) is 11.1 Å². The number of carbonyl (C=O) groups is 4. The van der Waals surface area contributed by atoms with Gasteiger partial charge in [-0.3, -0.25) is 24.2 Å². The summed E-state index contributed by atoms with van der Waals surface area (Å²) in [5, 5.41) is 0. The molecule has 2 aliphatic rings. The summed E-state index contributed by atoms with van der Waals surface area (Å²) in [5.74, 6) is -1.15. The number of hydrogen-bond acceptors (Lipinski definition) is 6. The largest absolute Gasteiger partial charge is 0.442 e. The molecule has 1 atom stereocenters. The molecule has 37 heavy (non-hydrogen) atoms. The number of piperazine rings is 1. The summed E-state index contributed by atoms with van der Waals surface area (Å²) in [5.41, 5.74) is 7.53. The minimum Gasteiger partial charge on any atom is -0.442 e. The number of ether oxygens (including phenoxy) is 1. The van der Waals surface area contributed by atoms with Crippen molar-refractivity contribution in [2.24, 2.45) is 5.73 Å². The lowest BCUT2D eigenvalue weighted by Gasteiger charge is -2.33. The third-order valence-electron chi connectivity index (χ3n) is 6.57. The number of primary amides is 1. The van der Waals surface area contributed by atoms with Gasteiger partial charge < -0.3 is 20.3 Å². The van der Waals surface area contributed by atoms with Gasteiger partial charge in [-0.25, -0.2) is 9.18 Å². The lowest BCUT2D eigenvalue weighted by Crippen LogP contribution is -2.51. The molecule has 0 saturated carbocycles. The van der Waals surface area contributed by atoms with Crippen LogP contribution in [0.3, 0.4) is 0 Å². The lowest BCUT2D eigenvalue weighted by molar-refractivity contribution is -0.137. The second-order valence-electron chi connectivity index (χ2n) is 9.37. The number of halogens is 1. The number of likely N-dealkylation sites (N-methyl/N-ethyl adjacent to an activating group) is 1. The molecule has 2 heterocycles. The highest BCUT2D eigenvalue weighted by atomic mass is 19.1. The Morgan fingerprint density at radius 3 is 2.49 bits per heavy atom. The van der Waals surface area contributed by atoms with Gasteiger partial charge in [0.05, 0.1) is 31.9 Å². The minimum atomic E-state index is -0.580. The molecule has 2 aliphatic heterocycles. The molecule has 2 aromatic carbocycles. The molecule has 0 aliphatic carbocycles. The van der Waals surface area contributed by atoms with E-state index in [1.165, 1.54) is 22.8 Å². The van der Waals surface area contributed by atoms with E-state index in [2.05, 4.69) is 0 Å². The van der Waals surface area contributed by atoms with Gasteiger partial charge in [0.15, 0.2) is 0 Å². The minimum absolute atomic E-state index is 0.0648. The van der Waals surface area contributed by atoms with E-state index < -0.39 is 23.9 Å². The number of nitrogens with two attached hydrogens (primary N) is 1. The molecule has 0 spiro atoms. The van der Waals surface area contributed by atoms with Crippen molar-refractivity contribution < 1.29 is 28.3 Å². The van der Waals surface area contributed by atoms with Crippen molar-refractivity contribution in [3.8, 4) is 11.1 Å². The van der Waals surface area contributed by atoms with Crippen molar-refractivity contribution in [1.82, 2.24) is 14.7 Å². The zero-order valence-corrected chi connectivity index (χ0v) is 20.9. The number of rotatable bonds is 8. The topological polar surface area (TPSA) is 116 Å². The van der Waals surface area contributed by atoms with E-state index in [0.717, 1.165) is 5.56 Å². The summed E-state index contributed by atoms with van der Waals surface area (Å²) in [6.45, 7) is 3.62. The number of amides is 4. The van der Waals surface area contributed by atoms with Crippen molar-refractivity contribution in [2.45, 2.75) is 19.6 Å². The van der Waals surface area contributed by atoms with Gasteiger partial charge in [0.2, 0.25) is 17.7 Å². The molecule has 4 amide bonds. The fourth-order valence-corrected chi connectivity index (χ4v) is 4.46. The molecule has 11 heteroatoms. The normalized spacial score (nSPS) is 18.2. The van der Waals surface area contributed by atoms with Crippen molar-refractivity contribution in [2.75, 3.05) is 51.2 Å².